The summed E-state index contributed by atoms with van der Waals surface area (Å²) in [5.74, 6) is -2.29. The van der Waals surface area contributed by atoms with Gasteiger partial charge >= 0.3 is 12.1 Å². The molecule has 1 aromatic rings. The highest BCUT2D eigenvalue weighted by Crippen LogP contribution is 2.34. The standard InChI is InChI=1S/C20H24N2O6/c1-11-12(9-15(18(25)26)22(11)19(27)28-20(2,3)4)10-21-16(23)13-7-5-6-8-14(13)17(21)24/h5-8,11-12,15H,9-10H2,1-4H3,(H,25,26)/t11-,12?,15+/m1/s1. The summed E-state index contributed by atoms with van der Waals surface area (Å²) in [6, 6.07) is 5.01. The lowest BCUT2D eigenvalue weighted by molar-refractivity contribution is -0.142. The van der Waals surface area contributed by atoms with Gasteiger partial charge in [-0.25, -0.2) is 9.59 Å². The molecule has 3 atom stereocenters. The van der Waals surface area contributed by atoms with E-state index in [1.165, 1.54) is 4.90 Å². The molecule has 0 radical (unpaired) electrons. The van der Waals surface area contributed by atoms with E-state index in [2.05, 4.69) is 0 Å². The topological polar surface area (TPSA) is 104 Å². The molecule has 8 heteroatoms. The second-order valence-corrected chi connectivity index (χ2v) is 8.24. The fourth-order valence-corrected chi connectivity index (χ4v) is 3.80. The van der Waals surface area contributed by atoms with Crippen LogP contribution in [0.2, 0.25) is 0 Å². The number of aliphatic carboxylic acids is 1. The van der Waals surface area contributed by atoms with E-state index in [4.69, 9.17) is 4.74 Å². The van der Waals surface area contributed by atoms with Gasteiger partial charge in [-0.2, -0.15) is 0 Å². The van der Waals surface area contributed by atoms with Crippen LogP contribution in [0.15, 0.2) is 24.3 Å². The average Bonchev–Trinajstić information content (AvgIpc) is 3.04. The summed E-state index contributed by atoms with van der Waals surface area (Å²) in [4.78, 5) is 51.8. The van der Waals surface area contributed by atoms with Gasteiger partial charge in [-0.3, -0.25) is 19.4 Å². The van der Waals surface area contributed by atoms with E-state index >= 15 is 0 Å². The van der Waals surface area contributed by atoms with Crippen LogP contribution >= 0.6 is 0 Å². The molecule has 2 heterocycles. The molecule has 1 fully saturated rings. The summed E-state index contributed by atoms with van der Waals surface area (Å²) in [6.07, 6.45) is -0.569. The molecule has 3 rings (SSSR count). The number of nitrogens with zero attached hydrogens (tertiary/aromatic N) is 2. The Morgan fingerprint density at radius 2 is 1.68 bits per heavy atom. The molecule has 0 bridgehead atoms. The normalized spacial score (nSPS) is 24.5. The summed E-state index contributed by atoms with van der Waals surface area (Å²) in [7, 11) is 0. The number of hydrogen-bond acceptors (Lipinski definition) is 5. The van der Waals surface area contributed by atoms with Crippen molar-refractivity contribution in [2.24, 2.45) is 5.92 Å². The van der Waals surface area contributed by atoms with E-state index in [1.54, 1.807) is 52.0 Å². The second-order valence-electron chi connectivity index (χ2n) is 8.24. The van der Waals surface area contributed by atoms with Gasteiger partial charge in [0.05, 0.1) is 11.1 Å². The molecule has 2 aliphatic rings. The minimum atomic E-state index is -1.14. The number of hydrogen-bond donors (Lipinski definition) is 1. The third kappa shape index (κ3) is 3.46. The molecule has 0 aromatic heterocycles. The summed E-state index contributed by atoms with van der Waals surface area (Å²) in [6.45, 7) is 6.89. The van der Waals surface area contributed by atoms with Crippen molar-refractivity contribution >= 4 is 23.9 Å². The minimum Gasteiger partial charge on any atom is -0.480 e. The zero-order valence-electron chi connectivity index (χ0n) is 16.3. The maximum absolute atomic E-state index is 12.6. The van der Waals surface area contributed by atoms with Crippen molar-refractivity contribution < 1.29 is 29.0 Å². The molecule has 0 spiro atoms. The van der Waals surface area contributed by atoms with Crippen LogP contribution in [0, 0.1) is 5.92 Å². The Morgan fingerprint density at radius 1 is 1.14 bits per heavy atom. The first-order valence-electron chi connectivity index (χ1n) is 9.20. The van der Waals surface area contributed by atoms with Crippen molar-refractivity contribution in [3.8, 4) is 0 Å². The van der Waals surface area contributed by atoms with Gasteiger partial charge in [-0.05, 0) is 52.2 Å². The molecule has 1 N–H and O–H groups in total. The Hall–Kier alpha value is -2.90. The van der Waals surface area contributed by atoms with Gasteiger partial charge in [0.2, 0.25) is 0 Å². The van der Waals surface area contributed by atoms with Gasteiger partial charge in [-0.1, -0.05) is 12.1 Å². The van der Waals surface area contributed by atoms with Crippen molar-refractivity contribution in [3.63, 3.8) is 0 Å². The van der Waals surface area contributed by atoms with Crippen LogP contribution in [-0.4, -0.2) is 63.0 Å². The fraction of sp³-hybridized carbons (Fsp3) is 0.500. The molecule has 0 saturated carbocycles. The van der Waals surface area contributed by atoms with Crippen LogP contribution < -0.4 is 0 Å². The van der Waals surface area contributed by atoms with Crippen molar-refractivity contribution in [1.82, 2.24) is 9.80 Å². The molecule has 3 amide bonds. The maximum Gasteiger partial charge on any atom is 0.411 e. The predicted octanol–water partition coefficient (Wildman–Crippen LogP) is 2.38. The monoisotopic (exact) mass is 388 g/mol. The van der Waals surface area contributed by atoms with Crippen molar-refractivity contribution in [2.45, 2.75) is 51.8 Å². The Labute approximate surface area is 163 Å². The molecular formula is C20H24N2O6. The number of carboxylic acid groups (broad SMARTS) is 1. The minimum absolute atomic E-state index is 0.0522. The second kappa shape index (κ2) is 6.92. The predicted molar refractivity (Wildman–Crippen MR) is 98.9 cm³/mol. The third-order valence-corrected chi connectivity index (χ3v) is 5.17. The smallest absolute Gasteiger partial charge is 0.411 e. The van der Waals surface area contributed by atoms with Crippen LogP contribution in [-0.2, 0) is 9.53 Å². The van der Waals surface area contributed by atoms with E-state index in [-0.39, 0.29) is 18.9 Å². The van der Waals surface area contributed by atoms with Crippen molar-refractivity contribution in [3.05, 3.63) is 35.4 Å². The van der Waals surface area contributed by atoms with Crippen molar-refractivity contribution in [2.75, 3.05) is 6.54 Å². The summed E-state index contributed by atoms with van der Waals surface area (Å²) < 4.78 is 5.36. The first-order valence-corrected chi connectivity index (χ1v) is 9.20. The summed E-state index contributed by atoms with van der Waals surface area (Å²) in [5, 5.41) is 9.58. The van der Waals surface area contributed by atoms with Crippen LogP contribution in [0.5, 0.6) is 0 Å². The zero-order valence-corrected chi connectivity index (χ0v) is 16.3. The van der Waals surface area contributed by atoms with Crippen LogP contribution in [0.4, 0.5) is 4.79 Å². The highest BCUT2D eigenvalue weighted by molar-refractivity contribution is 6.21. The van der Waals surface area contributed by atoms with Gasteiger partial charge in [0.25, 0.3) is 11.8 Å². The van der Waals surface area contributed by atoms with Gasteiger partial charge in [0.1, 0.15) is 11.6 Å². The largest absolute Gasteiger partial charge is 0.480 e. The number of benzene rings is 1. The number of carboxylic acids is 1. The highest BCUT2D eigenvalue weighted by atomic mass is 16.6. The van der Waals surface area contributed by atoms with E-state index in [0.29, 0.717) is 11.1 Å². The third-order valence-electron chi connectivity index (χ3n) is 5.17. The fourth-order valence-electron chi connectivity index (χ4n) is 3.80. The van der Waals surface area contributed by atoms with E-state index in [0.717, 1.165) is 4.90 Å². The zero-order chi connectivity index (χ0) is 20.8. The molecule has 0 aliphatic carbocycles. The Balaban J connectivity index is 1.80. The first kappa shape index (κ1) is 19.9. The Morgan fingerprint density at radius 3 is 2.14 bits per heavy atom. The molecule has 1 saturated heterocycles. The number of carbonyl (C=O) groups excluding carboxylic acids is 3. The lowest BCUT2D eigenvalue weighted by Crippen LogP contribution is -2.47. The SMILES string of the molecule is C[C@@H]1C(CN2C(=O)c3ccccc3C2=O)C[C@@H](C(=O)O)N1C(=O)OC(C)(C)C. The molecular weight excluding hydrogens is 364 g/mol. The number of fused-ring (bicyclic) bond motifs is 1. The number of rotatable bonds is 3. The number of imide groups is 1. The van der Waals surface area contributed by atoms with Gasteiger partial charge < -0.3 is 9.84 Å². The van der Waals surface area contributed by atoms with E-state index < -0.39 is 41.6 Å². The van der Waals surface area contributed by atoms with Crippen LogP contribution in [0.25, 0.3) is 0 Å². The van der Waals surface area contributed by atoms with Gasteiger partial charge in [0.15, 0.2) is 0 Å². The van der Waals surface area contributed by atoms with E-state index in [1.807, 2.05) is 0 Å². The number of likely N-dealkylation sites (tertiary alicyclic amines) is 1. The number of ether oxygens (including phenoxy) is 1. The average molecular weight is 388 g/mol. The quantitative estimate of drug-likeness (QED) is 0.797. The summed E-state index contributed by atoms with van der Waals surface area (Å²) >= 11 is 0. The number of amides is 3. The van der Waals surface area contributed by atoms with Crippen molar-refractivity contribution in [1.29, 1.82) is 0 Å². The summed E-state index contributed by atoms with van der Waals surface area (Å²) in [5.41, 5.74) is -0.0747. The molecule has 8 nitrogen and oxygen atoms in total. The highest BCUT2D eigenvalue weighted by Gasteiger charge is 2.48. The molecule has 1 unspecified atom stereocenters. The van der Waals surface area contributed by atoms with E-state index in [9.17, 15) is 24.3 Å². The lowest BCUT2D eigenvalue weighted by atomic mass is 9.99. The van der Waals surface area contributed by atoms with Crippen LogP contribution in [0.3, 0.4) is 0 Å². The molecule has 2 aliphatic heterocycles. The maximum atomic E-state index is 12.6. The Kier molecular flexibility index (Phi) is 4.91. The van der Waals surface area contributed by atoms with Gasteiger partial charge in [0, 0.05) is 12.6 Å². The number of carbonyl (C=O) groups is 4. The Bertz CT molecular complexity index is 808. The molecule has 150 valence electrons. The molecule has 1 aromatic carbocycles. The lowest BCUT2D eigenvalue weighted by Gasteiger charge is -2.31. The van der Waals surface area contributed by atoms with Crippen LogP contribution in [0.1, 0.15) is 54.8 Å². The molecule has 28 heavy (non-hydrogen) atoms. The van der Waals surface area contributed by atoms with Gasteiger partial charge in [-0.15, -0.1) is 0 Å². The first-order chi connectivity index (χ1) is 13.0.